The number of rotatable bonds is 1. The Morgan fingerprint density at radius 3 is 2.56 bits per heavy atom. The lowest BCUT2D eigenvalue weighted by atomic mass is 10.1. The molecule has 18 heavy (non-hydrogen) atoms. The molecule has 1 fully saturated rings. The Kier molecular flexibility index (Phi) is 2.65. The highest BCUT2D eigenvalue weighted by Gasteiger charge is 2.21. The summed E-state index contributed by atoms with van der Waals surface area (Å²) < 4.78 is 39.2. The van der Waals surface area contributed by atoms with Crippen molar-refractivity contribution in [3.63, 3.8) is 0 Å². The number of imidazole rings is 1. The molecular formula is C12H12F3N3. The average Bonchev–Trinajstić information content (AvgIpc) is 2.73. The zero-order chi connectivity index (χ0) is 12.7. The molecule has 0 bridgehead atoms. The first-order chi connectivity index (χ1) is 8.63. The third kappa shape index (κ3) is 1.91. The molecule has 1 aromatic heterocycles. The van der Waals surface area contributed by atoms with Crippen LogP contribution in [-0.4, -0.2) is 29.2 Å². The maximum Gasteiger partial charge on any atom is 0.203 e. The van der Waals surface area contributed by atoms with Crippen LogP contribution in [0.15, 0.2) is 12.1 Å². The normalized spacial score (nSPS) is 17.6. The molecule has 96 valence electrons. The number of anilines is 1. The fourth-order valence-electron chi connectivity index (χ4n) is 2.20. The first-order valence-electron chi connectivity index (χ1n) is 5.87. The smallest absolute Gasteiger partial charge is 0.203 e. The third-order valence-electron chi connectivity index (χ3n) is 3.24. The summed E-state index contributed by atoms with van der Waals surface area (Å²) in [5.41, 5.74) is 0.831. The van der Waals surface area contributed by atoms with Gasteiger partial charge >= 0.3 is 0 Å². The van der Waals surface area contributed by atoms with E-state index in [9.17, 15) is 13.2 Å². The van der Waals surface area contributed by atoms with Gasteiger partial charge in [0.25, 0.3) is 0 Å². The van der Waals surface area contributed by atoms with Crippen LogP contribution < -0.4 is 4.90 Å². The molecule has 1 saturated heterocycles. The maximum absolute atomic E-state index is 13.1. The predicted octanol–water partition coefficient (Wildman–Crippen LogP) is 2.78. The number of alkyl halides is 1. The summed E-state index contributed by atoms with van der Waals surface area (Å²) in [6.45, 7) is 1.12. The van der Waals surface area contributed by atoms with E-state index >= 15 is 0 Å². The average molecular weight is 255 g/mol. The van der Waals surface area contributed by atoms with Gasteiger partial charge in [0, 0.05) is 25.2 Å². The lowest BCUT2D eigenvalue weighted by molar-refractivity contribution is 0.276. The van der Waals surface area contributed by atoms with Gasteiger partial charge in [-0.2, -0.15) is 0 Å². The molecule has 0 amide bonds. The van der Waals surface area contributed by atoms with Crippen LogP contribution in [0.4, 0.5) is 19.1 Å². The van der Waals surface area contributed by atoms with Crippen LogP contribution in [0.2, 0.25) is 0 Å². The number of aromatic nitrogens is 2. The van der Waals surface area contributed by atoms with E-state index in [1.165, 1.54) is 0 Å². The quantitative estimate of drug-likeness (QED) is 0.849. The van der Waals surface area contributed by atoms with Crippen molar-refractivity contribution in [2.45, 2.75) is 19.0 Å². The number of halogens is 3. The zero-order valence-corrected chi connectivity index (χ0v) is 9.59. The maximum atomic E-state index is 13.1. The number of nitrogens with one attached hydrogen (secondary N) is 1. The number of fused-ring (bicyclic) bond motifs is 1. The van der Waals surface area contributed by atoms with Crippen LogP contribution in [0.3, 0.4) is 0 Å². The van der Waals surface area contributed by atoms with E-state index in [-0.39, 0.29) is 0 Å². The molecule has 0 atom stereocenters. The standard InChI is InChI=1S/C12H12F3N3/c13-7-1-3-18(4-2-7)12-16-10-5-8(14)9(15)6-11(10)17-12/h5-7H,1-4H2,(H,16,17). The molecule has 2 heterocycles. The van der Waals surface area contributed by atoms with Crippen LogP contribution in [0, 0.1) is 11.6 Å². The zero-order valence-electron chi connectivity index (χ0n) is 9.59. The molecule has 1 aliphatic heterocycles. The number of hydrogen-bond donors (Lipinski definition) is 1. The van der Waals surface area contributed by atoms with Gasteiger partial charge in [0.15, 0.2) is 11.6 Å². The van der Waals surface area contributed by atoms with Crippen LogP contribution >= 0.6 is 0 Å². The molecule has 0 aliphatic carbocycles. The summed E-state index contributed by atoms with van der Waals surface area (Å²) in [7, 11) is 0. The summed E-state index contributed by atoms with van der Waals surface area (Å²) >= 11 is 0. The molecule has 2 aromatic rings. The molecule has 1 aromatic carbocycles. The molecule has 6 heteroatoms. The molecule has 3 rings (SSSR count). The van der Waals surface area contributed by atoms with Crippen molar-refractivity contribution >= 4 is 17.0 Å². The number of nitrogens with zero attached hydrogens (tertiary/aromatic N) is 2. The monoisotopic (exact) mass is 255 g/mol. The molecule has 0 saturated carbocycles. The summed E-state index contributed by atoms with van der Waals surface area (Å²) in [5.74, 6) is -1.27. The number of piperidine rings is 1. The highest BCUT2D eigenvalue weighted by molar-refractivity contribution is 5.77. The fraction of sp³-hybridized carbons (Fsp3) is 0.417. The Bertz CT molecular complexity index is 534. The minimum Gasteiger partial charge on any atom is -0.342 e. The second-order valence-electron chi connectivity index (χ2n) is 4.51. The fourth-order valence-corrected chi connectivity index (χ4v) is 2.20. The van der Waals surface area contributed by atoms with Crippen molar-refractivity contribution in [2.75, 3.05) is 18.0 Å². The van der Waals surface area contributed by atoms with E-state index in [1.807, 2.05) is 4.90 Å². The van der Waals surface area contributed by atoms with E-state index < -0.39 is 17.8 Å². The van der Waals surface area contributed by atoms with E-state index in [1.54, 1.807) is 0 Å². The number of H-pyrrole nitrogens is 1. The minimum absolute atomic E-state index is 0.381. The van der Waals surface area contributed by atoms with Crippen molar-refractivity contribution < 1.29 is 13.2 Å². The first-order valence-corrected chi connectivity index (χ1v) is 5.87. The van der Waals surface area contributed by atoms with Crippen molar-refractivity contribution in [2.24, 2.45) is 0 Å². The summed E-state index contributed by atoms with van der Waals surface area (Å²) in [5, 5.41) is 0. The third-order valence-corrected chi connectivity index (χ3v) is 3.24. The van der Waals surface area contributed by atoms with Crippen molar-refractivity contribution in [3.05, 3.63) is 23.8 Å². The molecule has 1 aliphatic rings. The van der Waals surface area contributed by atoms with Crippen molar-refractivity contribution in [1.82, 2.24) is 9.97 Å². The van der Waals surface area contributed by atoms with Crippen molar-refractivity contribution in [1.29, 1.82) is 0 Å². The largest absolute Gasteiger partial charge is 0.342 e. The highest BCUT2D eigenvalue weighted by Crippen LogP contribution is 2.23. The second-order valence-corrected chi connectivity index (χ2v) is 4.51. The Morgan fingerprint density at radius 1 is 1.17 bits per heavy atom. The van der Waals surface area contributed by atoms with E-state index in [0.29, 0.717) is 42.9 Å². The molecule has 0 spiro atoms. The van der Waals surface area contributed by atoms with Gasteiger partial charge in [-0.3, -0.25) is 0 Å². The van der Waals surface area contributed by atoms with E-state index in [2.05, 4.69) is 9.97 Å². The lowest BCUT2D eigenvalue weighted by Gasteiger charge is -2.28. The Balaban J connectivity index is 1.93. The topological polar surface area (TPSA) is 31.9 Å². The van der Waals surface area contributed by atoms with Gasteiger partial charge in [0.2, 0.25) is 5.95 Å². The van der Waals surface area contributed by atoms with Gasteiger partial charge < -0.3 is 9.88 Å². The van der Waals surface area contributed by atoms with E-state index in [4.69, 9.17) is 0 Å². The molecular weight excluding hydrogens is 243 g/mol. The first kappa shape index (κ1) is 11.4. The van der Waals surface area contributed by atoms with Gasteiger partial charge in [-0.25, -0.2) is 18.2 Å². The summed E-state index contributed by atoms with van der Waals surface area (Å²) in [4.78, 5) is 9.03. The molecule has 3 nitrogen and oxygen atoms in total. The van der Waals surface area contributed by atoms with Crippen LogP contribution in [0.5, 0.6) is 0 Å². The Morgan fingerprint density at radius 2 is 1.83 bits per heavy atom. The van der Waals surface area contributed by atoms with Gasteiger partial charge in [-0.05, 0) is 12.8 Å². The van der Waals surface area contributed by atoms with Gasteiger partial charge in [0.1, 0.15) is 6.17 Å². The Labute approximate surface area is 102 Å². The van der Waals surface area contributed by atoms with Crippen LogP contribution in [0.1, 0.15) is 12.8 Å². The summed E-state index contributed by atoms with van der Waals surface area (Å²) in [6, 6.07) is 2.15. The Hall–Kier alpha value is -1.72. The van der Waals surface area contributed by atoms with Gasteiger partial charge in [-0.15, -0.1) is 0 Å². The SMILES string of the molecule is Fc1cc2nc(N3CCC(F)CC3)[nH]c2cc1F. The van der Waals surface area contributed by atoms with Gasteiger partial charge in [0.05, 0.1) is 11.0 Å². The van der Waals surface area contributed by atoms with Crippen molar-refractivity contribution in [3.8, 4) is 0 Å². The minimum atomic E-state index is -0.914. The lowest BCUT2D eigenvalue weighted by Crippen LogP contribution is -2.34. The van der Waals surface area contributed by atoms with E-state index in [0.717, 1.165) is 12.1 Å². The molecule has 0 unspecified atom stereocenters. The number of aromatic amines is 1. The van der Waals surface area contributed by atoms with Gasteiger partial charge in [-0.1, -0.05) is 0 Å². The molecule has 1 N–H and O–H groups in total. The van der Waals surface area contributed by atoms with Crippen LogP contribution in [-0.2, 0) is 0 Å². The highest BCUT2D eigenvalue weighted by atomic mass is 19.2. The summed E-state index contributed by atoms with van der Waals surface area (Å²) in [6.07, 6.45) is 0.153. The number of hydrogen-bond acceptors (Lipinski definition) is 2. The van der Waals surface area contributed by atoms with Crippen LogP contribution in [0.25, 0.3) is 11.0 Å². The second kappa shape index (κ2) is 4.19. The molecule has 0 radical (unpaired) electrons. The predicted molar refractivity (Wildman–Crippen MR) is 62.4 cm³/mol. The number of benzene rings is 1.